The Bertz CT molecular complexity index is 873. The van der Waals surface area contributed by atoms with E-state index in [1.54, 1.807) is 5.38 Å². The van der Waals surface area contributed by atoms with Gasteiger partial charge in [0.1, 0.15) is 5.82 Å². The summed E-state index contributed by atoms with van der Waals surface area (Å²) in [6, 6.07) is 2.76. The van der Waals surface area contributed by atoms with Crippen molar-refractivity contribution in [1.29, 1.82) is 0 Å². The molecule has 120 valence electrons. The van der Waals surface area contributed by atoms with Gasteiger partial charge in [-0.1, -0.05) is 0 Å². The number of nitrogens with zero attached hydrogens (tertiary/aromatic N) is 3. The number of alkyl halides is 3. The highest BCUT2D eigenvalue weighted by molar-refractivity contribution is 7.17. The minimum absolute atomic E-state index is 0.0313. The SMILES string of the molecule is O=C(O)c1cc(CNc2nc(C(F)(F)F)nc3ccsc23)[nH]n1. The molecule has 3 rings (SSSR count). The van der Waals surface area contributed by atoms with Crippen LogP contribution in [-0.2, 0) is 12.7 Å². The number of hydrogen-bond donors (Lipinski definition) is 3. The van der Waals surface area contributed by atoms with Crippen LogP contribution in [0, 0.1) is 0 Å². The van der Waals surface area contributed by atoms with Gasteiger partial charge >= 0.3 is 12.1 Å². The van der Waals surface area contributed by atoms with E-state index in [0.29, 0.717) is 10.4 Å². The van der Waals surface area contributed by atoms with Gasteiger partial charge in [-0.3, -0.25) is 5.10 Å². The molecule has 0 bridgehead atoms. The second kappa shape index (κ2) is 5.50. The number of H-pyrrole nitrogens is 1. The van der Waals surface area contributed by atoms with Gasteiger partial charge in [0.05, 0.1) is 22.5 Å². The zero-order valence-electron chi connectivity index (χ0n) is 11.2. The molecule has 0 radical (unpaired) electrons. The van der Waals surface area contributed by atoms with Crippen molar-refractivity contribution in [3.05, 3.63) is 34.7 Å². The Morgan fingerprint density at radius 3 is 2.83 bits per heavy atom. The lowest BCUT2D eigenvalue weighted by atomic mass is 10.3. The highest BCUT2D eigenvalue weighted by atomic mass is 32.1. The van der Waals surface area contributed by atoms with Crippen LogP contribution in [0.5, 0.6) is 0 Å². The Kier molecular flexibility index (Phi) is 3.64. The van der Waals surface area contributed by atoms with Crippen LogP contribution < -0.4 is 5.32 Å². The van der Waals surface area contributed by atoms with Crippen LogP contribution in [0.3, 0.4) is 0 Å². The zero-order valence-corrected chi connectivity index (χ0v) is 12.0. The van der Waals surface area contributed by atoms with Crippen LogP contribution in [0.2, 0.25) is 0 Å². The normalized spacial score (nSPS) is 11.8. The lowest BCUT2D eigenvalue weighted by Crippen LogP contribution is -2.13. The Hall–Kier alpha value is -2.69. The molecule has 0 spiro atoms. The number of nitrogens with one attached hydrogen (secondary N) is 2. The van der Waals surface area contributed by atoms with Gasteiger partial charge in [0.15, 0.2) is 5.69 Å². The maximum absolute atomic E-state index is 12.8. The van der Waals surface area contributed by atoms with E-state index in [4.69, 9.17) is 5.11 Å². The molecule has 7 nitrogen and oxygen atoms in total. The first kappa shape index (κ1) is 15.2. The highest BCUT2D eigenvalue weighted by Gasteiger charge is 2.35. The third-order valence-corrected chi connectivity index (χ3v) is 3.76. The molecular weight excluding hydrogens is 335 g/mol. The van der Waals surface area contributed by atoms with Gasteiger partial charge < -0.3 is 10.4 Å². The topological polar surface area (TPSA) is 104 Å². The molecular formula is C12H8F3N5O2S. The predicted molar refractivity (Wildman–Crippen MR) is 75.3 cm³/mol. The molecule has 0 aliphatic heterocycles. The quantitative estimate of drug-likeness (QED) is 0.673. The fraction of sp³-hybridized carbons (Fsp3) is 0.167. The fourth-order valence-corrected chi connectivity index (χ4v) is 2.65. The van der Waals surface area contributed by atoms with Crippen molar-refractivity contribution in [2.75, 3.05) is 5.32 Å². The van der Waals surface area contributed by atoms with Gasteiger partial charge in [-0.2, -0.15) is 18.3 Å². The number of anilines is 1. The number of carbonyl (C=O) groups is 1. The summed E-state index contributed by atoms with van der Waals surface area (Å²) in [5, 5.41) is 19.2. The molecule has 3 N–H and O–H groups in total. The van der Waals surface area contributed by atoms with Gasteiger partial charge in [0.2, 0.25) is 5.82 Å². The molecule has 3 aromatic rings. The average molecular weight is 343 g/mol. The first-order chi connectivity index (χ1) is 10.8. The first-order valence-electron chi connectivity index (χ1n) is 6.18. The third-order valence-electron chi connectivity index (χ3n) is 2.85. The third kappa shape index (κ3) is 3.08. The Balaban J connectivity index is 1.89. The summed E-state index contributed by atoms with van der Waals surface area (Å²) >= 11 is 1.20. The van der Waals surface area contributed by atoms with Gasteiger partial charge in [0.25, 0.3) is 0 Å². The molecule has 0 aliphatic carbocycles. The van der Waals surface area contributed by atoms with Crippen molar-refractivity contribution in [2.24, 2.45) is 0 Å². The van der Waals surface area contributed by atoms with Crippen molar-refractivity contribution < 1.29 is 23.1 Å². The second-order valence-electron chi connectivity index (χ2n) is 4.47. The van der Waals surface area contributed by atoms with E-state index in [0.717, 1.165) is 0 Å². The van der Waals surface area contributed by atoms with Crippen molar-refractivity contribution in [3.8, 4) is 0 Å². The summed E-state index contributed by atoms with van der Waals surface area (Å²) in [4.78, 5) is 17.7. The van der Waals surface area contributed by atoms with E-state index in [9.17, 15) is 18.0 Å². The highest BCUT2D eigenvalue weighted by Crippen LogP contribution is 2.32. The Morgan fingerprint density at radius 1 is 1.39 bits per heavy atom. The summed E-state index contributed by atoms with van der Waals surface area (Å²) in [6.45, 7) is 0.0432. The number of fused-ring (bicyclic) bond motifs is 1. The molecule has 0 saturated heterocycles. The smallest absolute Gasteiger partial charge is 0.451 e. The molecule has 0 aromatic carbocycles. The number of carboxylic acids is 1. The number of hydrogen-bond acceptors (Lipinski definition) is 6. The monoisotopic (exact) mass is 343 g/mol. The minimum atomic E-state index is -4.66. The van der Waals surface area contributed by atoms with Gasteiger partial charge in [0, 0.05) is 0 Å². The number of halogens is 3. The number of aromatic nitrogens is 4. The number of thiophene rings is 1. The Labute approximate surface area is 130 Å². The molecule has 3 heterocycles. The van der Waals surface area contributed by atoms with E-state index in [2.05, 4.69) is 25.5 Å². The van der Waals surface area contributed by atoms with Crippen molar-refractivity contribution in [1.82, 2.24) is 20.2 Å². The van der Waals surface area contributed by atoms with Crippen molar-refractivity contribution in [3.63, 3.8) is 0 Å². The van der Waals surface area contributed by atoms with E-state index >= 15 is 0 Å². The van der Waals surface area contributed by atoms with Gasteiger partial charge in [-0.25, -0.2) is 14.8 Å². The fourth-order valence-electron chi connectivity index (χ4n) is 1.85. The predicted octanol–water partition coefficient (Wildman–Crippen LogP) is 2.74. The molecule has 3 aromatic heterocycles. The van der Waals surface area contributed by atoms with E-state index < -0.39 is 18.0 Å². The van der Waals surface area contributed by atoms with Crippen LogP contribution >= 0.6 is 11.3 Å². The summed E-state index contributed by atoms with van der Waals surface area (Å²) in [5.74, 6) is -2.40. The molecule has 0 fully saturated rings. The average Bonchev–Trinajstić information content (AvgIpc) is 3.12. The molecule has 11 heteroatoms. The zero-order chi connectivity index (χ0) is 16.6. The summed E-state index contributed by atoms with van der Waals surface area (Å²) in [5.41, 5.74) is 0.414. The largest absolute Gasteiger partial charge is 0.476 e. The van der Waals surface area contributed by atoms with Crippen molar-refractivity contribution in [2.45, 2.75) is 12.7 Å². The van der Waals surface area contributed by atoms with E-state index in [-0.39, 0.29) is 23.6 Å². The van der Waals surface area contributed by atoms with Crippen LogP contribution in [0.4, 0.5) is 19.0 Å². The van der Waals surface area contributed by atoms with Gasteiger partial charge in [-0.05, 0) is 17.5 Å². The molecule has 0 aliphatic rings. The number of rotatable bonds is 4. The van der Waals surface area contributed by atoms with E-state index in [1.165, 1.54) is 23.5 Å². The lowest BCUT2D eigenvalue weighted by Gasteiger charge is -2.09. The van der Waals surface area contributed by atoms with Crippen LogP contribution in [0.15, 0.2) is 17.5 Å². The first-order valence-corrected chi connectivity index (χ1v) is 7.06. The Morgan fingerprint density at radius 2 is 2.17 bits per heavy atom. The number of aromatic carboxylic acids is 1. The van der Waals surface area contributed by atoms with Gasteiger partial charge in [-0.15, -0.1) is 11.3 Å². The van der Waals surface area contributed by atoms with Crippen molar-refractivity contribution >= 4 is 33.3 Å². The number of aromatic amines is 1. The maximum Gasteiger partial charge on any atom is 0.451 e. The molecule has 0 saturated carbocycles. The number of carboxylic acid groups (broad SMARTS) is 1. The molecule has 0 amide bonds. The molecule has 0 atom stereocenters. The van der Waals surface area contributed by atoms with Crippen LogP contribution in [0.1, 0.15) is 22.0 Å². The summed E-state index contributed by atoms with van der Waals surface area (Å²) in [7, 11) is 0. The molecule has 23 heavy (non-hydrogen) atoms. The van der Waals surface area contributed by atoms with Crippen LogP contribution in [0.25, 0.3) is 10.2 Å². The van der Waals surface area contributed by atoms with Crippen LogP contribution in [-0.4, -0.2) is 31.2 Å². The lowest BCUT2D eigenvalue weighted by molar-refractivity contribution is -0.144. The second-order valence-corrected chi connectivity index (χ2v) is 5.38. The minimum Gasteiger partial charge on any atom is -0.476 e. The van der Waals surface area contributed by atoms with E-state index in [1.807, 2.05) is 0 Å². The molecule has 0 unspecified atom stereocenters. The maximum atomic E-state index is 12.8. The summed E-state index contributed by atoms with van der Waals surface area (Å²) < 4.78 is 39.0. The standard InChI is InChI=1S/C12H8F3N5O2S/c13-12(14,15)11-17-6-1-2-23-8(6)9(18-11)16-4-5-3-7(10(21)22)20-19-5/h1-3H,4H2,(H,19,20)(H,21,22)(H,16,17,18). The summed E-state index contributed by atoms with van der Waals surface area (Å²) in [6.07, 6.45) is -4.66.